The molecule has 0 spiro atoms. The first-order valence-corrected chi connectivity index (χ1v) is 6.82. The number of carboxylic acid groups (broad SMARTS) is 1. The summed E-state index contributed by atoms with van der Waals surface area (Å²) < 4.78 is 2.12. The van der Waals surface area contributed by atoms with Crippen LogP contribution in [0.15, 0.2) is 11.4 Å². The Morgan fingerprint density at radius 3 is 2.59 bits per heavy atom. The van der Waals surface area contributed by atoms with E-state index in [2.05, 4.69) is 30.3 Å². The Bertz CT molecular complexity index is 397. The van der Waals surface area contributed by atoms with E-state index in [1.165, 1.54) is 11.8 Å². The summed E-state index contributed by atoms with van der Waals surface area (Å²) >= 11 is 1.29. The number of thioether (sulfide) groups is 1. The summed E-state index contributed by atoms with van der Waals surface area (Å²) in [5, 5.41) is 9.53. The van der Waals surface area contributed by atoms with Gasteiger partial charge in [-0.1, -0.05) is 25.6 Å². The monoisotopic (exact) mass is 256 g/mol. The van der Waals surface area contributed by atoms with Crippen LogP contribution in [0, 0.1) is 6.92 Å². The van der Waals surface area contributed by atoms with Gasteiger partial charge in [0.25, 0.3) is 0 Å². The second-order valence-electron chi connectivity index (χ2n) is 4.42. The van der Waals surface area contributed by atoms with E-state index in [0.717, 1.165) is 23.7 Å². The average Bonchev–Trinajstić information content (AvgIpc) is 2.67. The highest BCUT2D eigenvalue weighted by atomic mass is 32.2. The maximum absolute atomic E-state index is 10.6. The van der Waals surface area contributed by atoms with Gasteiger partial charge in [0, 0.05) is 11.7 Å². The van der Waals surface area contributed by atoms with Gasteiger partial charge in [-0.05, 0) is 26.7 Å². The molecule has 5 heteroatoms. The number of hydrogen-bond acceptors (Lipinski definition) is 3. The fourth-order valence-corrected chi connectivity index (χ4v) is 2.55. The molecule has 0 fully saturated rings. The van der Waals surface area contributed by atoms with Crippen LogP contribution in [0.2, 0.25) is 0 Å². The summed E-state index contributed by atoms with van der Waals surface area (Å²) in [5.74, 6) is -0.753. The molecule has 0 aromatic carbocycles. The topological polar surface area (TPSA) is 55.1 Å². The Morgan fingerprint density at radius 1 is 1.53 bits per heavy atom. The molecule has 1 N–H and O–H groups in total. The molecule has 1 aromatic heterocycles. The molecular formula is C12H20N2O2S. The molecule has 1 heterocycles. The SMILES string of the molecule is CCC(C)(CC)n1cc(C)nc1SCC(=O)O. The fourth-order valence-electron chi connectivity index (χ4n) is 1.68. The first-order chi connectivity index (χ1) is 7.92. The van der Waals surface area contributed by atoms with Crippen molar-refractivity contribution < 1.29 is 9.90 Å². The van der Waals surface area contributed by atoms with Crippen LogP contribution in [0.3, 0.4) is 0 Å². The van der Waals surface area contributed by atoms with Gasteiger partial charge in [-0.25, -0.2) is 4.98 Å². The Hall–Kier alpha value is -0.970. The number of aromatic nitrogens is 2. The molecular weight excluding hydrogens is 236 g/mol. The Morgan fingerprint density at radius 2 is 2.12 bits per heavy atom. The van der Waals surface area contributed by atoms with Crippen LogP contribution >= 0.6 is 11.8 Å². The fraction of sp³-hybridized carbons (Fsp3) is 0.667. The van der Waals surface area contributed by atoms with Gasteiger partial charge in [0.05, 0.1) is 11.4 Å². The van der Waals surface area contributed by atoms with Crippen molar-refractivity contribution in [2.75, 3.05) is 5.75 Å². The van der Waals surface area contributed by atoms with Crippen LogP contribution in [-0.2, 0) is 10.3 Å². The molecule has 0 saturated heterocycles. The largest absolute Gasteiger partial charge is 0.481 e. The number of aryl methyl sites for hydroxylation is 1. The van der Waals surface area contributed by atoms with Gasteiger partial charge < -0.3 is 9.67 Å². The highest BCUT2D eigenvalue weighted by molar-refractivity contribution is 7.99. The lowest BCUT2D eigenvalue weighted by atomic mass is 9.95. The summed E-state index contributed by atoms with van der Waals surface area (Å²) in [5.41, 5.74) is 0.952. The molecule has 96 valence electrons. The average molecular weight is 256 g/mol. The van der Waals surface area contributed by atoms with Crippen molar-refractivity contribution in [1.29, 1.82) is 0 Å². The van der Waals surface area contributed by atoms with Crippen LogP contribution in [0.5, 0.6) is 0 Å². The van der Waals surface area contributed by atoms with Crippen LogP contribution in [0.25, 0.3) is 0 Å². The minimum atomic E-state index is -0.808. The van der Waals surface area contributed by atoms with Crippen LogP contribution in [0.1, 0.15) is 39.3 Å². The second kappa shape index (κ2) is 5.58. The molecule has 0 atom stereocenters. The predicted molar refractivity (Wildman–Crippen MR) is 69.6 cm³/mol. The van der Waals surface area contributed by atoms with E-state index in [1.54, 1.807) is 0 Å². The number of carboxylic acids is 1. The zero-order chi connectivity index (χ0) is 13.1. The molecule has 0 bridgehead atoms. The third kappa shape index (κ3) is 3.25. The number of hydrogen-bond donors (Lipinski definition) is 1. The molecule has 0 radical (unpaired) electrons. The third-order valence-corrected chi connectivity index (χ3v) is 4.16. The normalized spacial score (nSPS) is 11.8. The Balaban J connectivity index is 3.02. The van der Waals surface area contributed by atoms with Crippen molar-refractivity contribution in [2.24, 2.45) is 0 Å². The van der Waals surface area contributed by atoms with Crippen LogP contribution in [-0.4, -0.2) is 26.4 Å². The van der Waals surface area contributed by atoms with Crippen molar-refractivity contribution in [1.82, 2.24) is 9.55 Å². The van der Waals surface area contributed by atoms with Crippen molar-refractivity contribution in [3.8, 4) is 0 Å². The minimum absolute atomic E-state index is 0.0160. The van der Waals surface area contributed by atoms with E-state index >= 15 is 0 Å². The van der Waals surface area contributed by atoms with Gasteiger partial charge in [-0.2, -0.15) is 0 Å². The van der Waals surface area contributed by atoms with E-state index in [9.17, 15) is 4.79 Å². The van der Waals surface area contributed by atoms with E-state index in [0.29, 0.717) is 0 Å². The maximum atomic E-state index is 10.6. The highest BCUT2D eigenvalue weighted by Gasteiger charge is 2.25. The second-order valence-corrected chi connectivity index (χ2v) is 5.36. The maximum Gasteiger partial charge on any atom is 0.313 e. The molecule has 17 heavy (non-hydrogen) atoms. The minimum Gasteiger partial charge on any atom is -0.481 e. The first kappa shape index (κ1) is 14.1. The van der Waals surface area contributed by atoms with Crippen molar-refractivity contribution in [2.45, 2.75) is 51.2 Å². The molecule has 1 aromatic rings. The lowest BCUT2D eigenvalue weighted by Gasteiger charge is -2.30. The zero-order valence-corrected chi connectivity index (χ0v) is 11.7. The highest BCUT2D eigenvalue weighted by Crippen LogP contribution is 2.30. The molecule has 0 aliphatic rings. The van der Waals surface area contributed by atoms with E-state index in [1.807, 2.05) is 13.1 Å². The summed E-state index contributed by atoms with van der Waals surface area (Å²) in [6, 6.07) is 0. The van der Waals surface area contributed by atoms with Gasteiger partial charge in [0.1, 0.15) is 0 Å². The van der Waals surface area contributed by atoms with Gasteiger partial charge in [-0.3, -0.25) is 4.79 Å². The first-order valence-electron chi connectivity index (χ1n) is 5.84. The van der Waals surface area contributed by atoms with Gasteiger partial charge in [-0.15, -0.1) is 0 Å². The number of aliphatic carboxylic acids is 1. The van der Waals surface area contributed by atoms with Gasteiger partial charge in [0.15, 0.2) is 5.16 Å². The number of imidazole rings is 1. The molecule has 0 saturated carbocycles. The molecule has 0 amide bonds. The van der Waals surface area contributed by atoms with Crippen molar-refractivity contribution in [3.63, 3.8) is 0 Å². The number of rotatable bonds is 6. The van der Waals surface area contributed by atoms with Crippen LogP contribution in [0.4, 0.5) is 0 Å². The lowest BCUT2D eigenvalue weighted by molar-refractivity contribution is -0.133. The summed E-state index contributed by atoms with van der Waals surface area (Å²) in [6.07, 6.45) is 4.01. The zero-order valence-electron chi connectivity index (χ0n) is 10.9. The van der Waals surface area contributed by atoms with Gasteiger partial charge in [0.2, 0.25) is 0 Å². The molecule has 0 aliphatic carbocycles. The summed E-state index contributed by atoms with van der Waals surface area (Å²) in [4.78, 5) is 15.0. The van der Waals surface area contributed by atoms with E-state index in [-0.39, 0.29) is 11.3 Å². The number of nitrogens with zero attached hydrogens (tertiary/aromatic N) is 2. The van der Waals surface area contributed by atoms with E-state index in [4.69, 9.17) is 5.11 Å². The van der Waals surface area contributed by atoms with Crippen molar-refractivity contribution >= 4 is 17.7 Å². The Labute approximate surface area is 106 Å². The van der Waals surface area contributed by atoms with Gasteiger partial charge >= 0.3 is 5.97 Å². The Kier molecular flexibility index (Phi) is 4.62. The molecule has 4 nitrogen and oxygen atoms in total. The molecule has 0 aliphatic heterocycles. The smallest absolute Gasteiger partial charge is 0.313 e. The lowest BCUT2D eigenvalue weighted by Crippen LogP contribution is -2.28. The summed E-state index contributed by atoms with van der Waals surface area (Å²) in [7, 11) is 0. The quantitative estimate of drug-likeness (QED) is 0.795. The van der Waals surface area contributed by atoms with Crippen molar-refractivity contribution in [3.05, 3.63) is 11.9 Å². The third-order valence-electron chi connectivity index (χ3n) is 3.22. The number of carbonyl (C=O) groups is 1. The van der Waals surface area contributed by atoms with Crippen LogP contribution < -0.4 is 0 Å². The predicted octanol–water partition coefficient (Wildman–Crippen LogP) is 2.90. The standard InChI is InChI=1S/C12H20N2O2S/c1-5-12(4,6-2)14-7-9(3)13-11(14)17-8-10(15)16/h7H,5-6,8H2,1-4H3,(H,15,16). The molecule has 1 rings (SSSR count). The molecule has 0 unspecified atom stereocenters. The van der Waals surface area contributed by atoms with E-state index < -0.39 is 5.97 Å². The summed E-state index contributed by atoms with van der Waals surface area (Å²) in [6.45, 7) is 8.40.